The summed E-state index contributed by atoms with van der Waals surface area (Å²) in [5.74, 6) is 0.655. The van der Waals surface area contributed by atoms with Gasteiger partial charge in [0.05, 0.1) is 6.54 Å². The Labute approximate surface area is 108 Å². The summed E-state index contributed by atoms with van der Waals surface area (Å²) < 4.78 is 31.6. The van der Waals surface area contributed by atoms with Crippen LogP contribution in [0.5, 0.6) is 0 Å². The molecule has 0 spiro atoms. The Balaban J connectivity index is 2.17. The molecule has 0 radical (unpaired) electrons. The molecule has 2 rings (SSSR count). The highest BCUT2D eigenvalue weighted by atomic mass is 32.2. The van der Waals surface area contributed by atoms with Crippen molar-refractivity contribution in [1.29, 1.82) is 0 Å². The number of furan rings is 1. The fourth-order valence-corrected chi connectivity index (χ4v) is 3.85. The Morgan fingerprint density at radius 3 is 2.89 bits per heavy atom. The fraction of sp³-hybridized carbons (Fsp3) is 0.667. The van der Waals surface area contributed by atoms with Gasteiger partial charge in [-0.25, -0.2) is 8.42 Å². The summed E-state index contributed by atoms with van der Waals surface area (Å²) in [6.45, 7) is 5.90. The summed E-state index contributed by atoms with van der Waals surface area (Å²) in [5.41, 5.74) is 0. The topological polar surface area (TPSA) is 62.6 Å². The van der Waals surface area contributed by atoms with Crippen LogP contribution in [0.25, 0.3) is 0 Å². The molecule has 0 amide bonds. The smallest absolute Gasteiger partial charge is 0.276 e. The average Bonchev–Trinajstić information content (AvgIpc) is 2.95. The van der Waals surface area contributed by atoms with Crippen LogP contribution in [0, 0.1) is 0 Å². The summed E-state index contributed by atoms with van der Waals surface area (Å²) in [5, 5.41) is 3.16. The van der Waals surface area contributed by atoms with Gasteiger partial charge in [0.2, 0.25) is 5.09 Å². The summed E-state index contributed by atoms with van der Waals surface area (Å²) in [6.07, 6.45) is 1.84. The lowest BCUT2D eigenvalue weighted by Crippen LogP contribution is -2.33. The number of hydrogen-bond donors (Lipinski definition) is 1. The van der Waals surface area contributed by atoms with Gasteiger partial charge >= 0.3 is 0 Å². The molecule has 0 saturated carbocycles. The summed E-state index contributed by atoms with van der Waals surface area (Å²) in [4.78, 5) is 0. The van der Waals surface area contributed by atoms with E-state index in [2.05, 4.69) is 5.32 Å². The van der Waals surface area contributed by atoms with Crippen LogP contribution in [0.3, 0.4) is 0 Å². The maximum Gasteiger partial charge on any atom is 0.276 e. The number of nitrogens with zero attached hydrogens (tertiary/aromatic N) is 1. The maximum absolute atomic E-state index is 12.3. The van der Waals surface area contributed by atoms with Gasteiger partial charge in [-0.1, -0.05) is 6.92 Å². The molecule has 0 bridgehead atoms. The molecule has 1 aliphatic heterocycles. The van der Waals surface area contributed by atoms with Crippen LogP contribution in [0.15, 0.2) is 21.6 Å². The van der Waals surface area contributed by atoms with E-state index in [4.69, 9.17) is 4.42 Å². The Kier molecular flexibility index (Phi) is 4.09. The third kappa shape index (κ3) is 2.60. The first-order valence-electron chi connectivity index (χ1n) is 6.37. The highest BCUT2D eigenvalue weighted by molar-refractivity contribution is 7.89. The van der Waals surface area contributed by atoms with E-state index in [-0.39, 0.29) is 11.1 Å². The van der Waals surface area contributed by atoms with Crippen molar-refractivity contribution in [2.45, 2.75) is 44.4 Å². The van der Waals surface area contributed by atoms with Crippen molar-refractivity contribution in [3.8, 4) is 0 Å². The lowest BCUT2D eigenvalue weighted by molar-refractivity contribution is 0.361. The van der Waals surface area contributed by atoms with Gasteiger partial charge in [0.1, 0.15) is 5.76 Å². The Morgan fingerprint density at radius 2 is 2.28 bits per heavy atom. The number of rotatable bonds is 5. The molecule has 0 aliphatic carbocycles. The predicted molar refractivity (Wildman–Crippen MR) is 68.7 cm³/mol. The summed E-state index contributed by atoms with van der Waals surface area (Å²) in [7, 11) is -3.45. The largest absolute Gasteiger partial charge is 0.447 e. The Hall–Kier alpha value is -0.850. The molecule has 0 aromatic carbocycles. The molecule has 1 aliphatic rings. The van der Waals surface area contributed by atoms with E-state index < -0.39 is 10.0 Å². The molecule has 1 N–H and O–H groups in total. The van der Waals surface area contributed by atoms with Crippen molar-refractivity contribution in [1.82, 2.24) is 9.62 Å². The molecule has 1 aromatic rings. The molecule has 1 atom stereocenters. The quantitative estimate of drug-likeness (QED) is 0.883. The number of sulfonamides is 1. The van der Waals surface area contributed by atoms with E-state index in [0.29, 0.717) is 18.8 Å². The zero-order chi connectivity index (χ0) is 13.2. The van der Waals surface area contributed by atoms with Gasteiger partial charge in [-0.05, 0) is 38.4 Å². The third-order valence-electron chi connectivity index (χ3n) is 3.24. The van der Waals surface area contributed by atoms with Crippen molar-refractivity contribution in [3.63, 3.8) is 0 Å². The monoisotopic (exact) mass is 272 g/mol. The Morgan fingerprint density at radius 1 is 1.50 bits per heavy atom. The van der Waals surface area contributed by atoms with Crippen molar-refractivity contribution in [3.05, 3.63) is 17.9 Å². The van der Waals surface area contributed by atoms with Gasteiger partial charge in [0.15, 0.2) is 0 Å². The van der Waals surface area contributed by atoms with E-state index in [1.807, 2.05) is 13.8 Å². The van der Waals surface area contributed by atoms with Gasteiger partial charge in [-0.15, -0.1) is 0 Å². The molecule has 1 saturated heterocycles. The van der Waals surface area contributed by atoms with E-state index in [1.54, 1.807) is 12.1 Å². The third-order valence-corrected chi connectivity index (χ3v) is 5.13. The molecule has 1 aromatic heterocycles. The first-order chi connectivity index (χ1) is 8.55. The number of hydrogen-bond acceptors (Lipinski definition) is 4. The van der Waals surface area contributed by atoms with Crippen LogP contribution in [-0.4, -0.2) is 31.9 Å². The lowest BCUT2D eigenvalue weighted by atomic mass is 10.3. The van der Waals surface area contributed by atoms with Crippen LogP contribution in [0.4, 0.5) is 0 Å². The molecule has 18 heavy (non-hydrogen) atoms. The minimum atomic E-state index is -3.45. The highest BCUT2D eigenvalue weighted by Gasteiger charge is 2.34. The normalized spacial score (nSPS) is 21.6. The van der Waals surface area contributed by atoms with Gasteiger partial charge in [0.25, 0.3) is 10.0 Å². The molecule has 2 heterocycles. The van der Waals surface area contributed by atoms with Crippen LogP contribution < -0.4 is 5.32 Å². The molecule has 1 unspecified atom stereocenters. The summed E-state index contributed by atoms with van der Waals surface area (Å²) in [6, 6.07) is 3.33. The van der Waals surface area contributed by atoms with Crippen molar-refractivity contribution in [2.75, 3.05) is 13.1 Å². The Bertz CT molecular complexity index is 495. The maximum atomic E-state index is 12.3. The molecular formula is C12H20N2O3S. The van der Waals surface area contributed by atoms with Crippen LogP contribution in [0.2, 0.25) is 0 Å². The molecule has 1 fully saturated rings. The summed E-state index contributed by atoms with van der Waals surface area (Å²) >= 11 is 0. The first kappa shape index (κ1) is 13.6. The van der Waals surface area contributed by atoms with Crippen LogP contribution >= 0.6 is 0 Å². The molecule has 5 nitrogen and oxygen atoms in total. The van der Waals surface area contributed by atoms with E-state index in [1.165, 1.54) is 4.31 Å². The molecule has 102 valence electrons. The lowest BCUT2D eigenvalue weighted by Gasteiger charge is -2.18. The molecular weight excluding hydrogens is 252 g/mol. The van der Waals surface area contributed by atoms with Gasteiger partial charge < -0.3 is 9.73 Å². The van der Waals surface area contributed by atoms with Gasteiger partial charge in [-0.2, -0.15) is 4.31 Å². The second-order valence-corrected chi connectivity index (χ2v) is 6.43. The molecule has 6 heteroatoms. The minimum absolute atomic E-state index is 0.0594. The SMILES string of the molecule is CCNCc1ccc(S(=O)(=O)N2CCCC2C)o1. The van der Waals surface area contributed by atoms with Crippen molar-refractivity contribution in [2.24, 2.45) is 0 Å². The second-order valence-electron chi connectivity index (χ2n) is 4.61. The second kappa shape index (κ2) is 5.42. The fourth-order valence-electron chi connectivity index (χ4n) is 2.22. The van der Waals surface area contributed by atoms with Crippen molar-refractivity contribution >= 4 is 10.0 Å². The highest BCUT2D eigenvalue weighted by Crippen LogP contribution is 2.26. The first-order valence-corrected chi connectivity index (χ1v) is 7.81. The van der Waals surface area contributed by atoms with Gasteiger partial charge in [0, 0.05) is 12.6 Å². The van der Waals surface area contributed by atoms with E-state index >= 15 is 0 Å². The minimum Gasteiger partial charge on any atom is -0.447 e. The average molecular weight is 272 g/mol. The zero-order valence-electron chi connectivity index (χ0n) is 10.8. The predicted octanol–water partition coefficient (Wildman–Crippen LogP) is 1.56. The zero-order valence-corrected chi connectivity index (χ0v) is 11.7. The van der Waals surface area contributed by atoms with Crippen LogP contribution in [-0.2, 0) is 16.6 Å². The van der Waals surface area contributed by atoms with Gasteiger partial charge in [-0.3, -0.25) is 0 Å². The standard InChI is InChI=1S/C12H20N2O3S/c1-3-13-9-11-6-7-12(17-11)18(15,16)14-8-4-5-10(14)2/h6-7,10,13H,3-5,8-9H2,1-2H3. The number of nitrogens with one attached hydrogen (secondary N) is 1. The van der Waals surface area contributed by atoms with E-state index in [0.717, 1.165) is 19.4 Å². The van der Waals surface area contributed by atoms with E-state index in [9.17, 15) is 8.42 Å². The van der Waals surface area contributed by atoms with Crippen LogP contribution in [0.1, 0.15) is 32.4 Å². The van der Waals surface area contributed by atoms with Crippen molar-refractivity contribution < 1.29 is 12.8 Å².